The highest BCUT2D eigenvalue weighted by Gasteiger charge is 2.41. The predicted molar refractivity (Wildman–Crippen MR) is 91.8 cm³/mol. The fraction of sp³-hybridized carbons (Fsp3) is 0.529. The van der Waals surface area contributed by atoms with Gasteiger partial charge < -0.3 is 10.2 Å². The second-order valence-electron chi connectivity index (χ2n) is 5.97. The average Bonchev–Trinajstić information content (AvgIpc) is 2.92. The first kappa shape index (κ1) is 16.9. The Labute approximate surface area is 136 Å². The molecule has 0 radical (unpaired) electrons. The maximum Gasteiger partial charge on any atom is 0.248 e. The van der Waals surface area contributed by atoms with E-state index in [1.807, 2.05) is 45.0 Å². The maximum atomic E-state index is 12.6. The first-order chi connectivity index (χ1) is 10.4. The van der Waals surface area contributed by atoms with Gasteiger partial charge in [0.15, 0.2) is 0 Å². The lowest BCUT2D eigenvalue weighted by Crippen LogP contribution is -2.49. The Morgan fingerprint density at radius 3 is 2.50 bits per heavy atom. The number of carbonyl (C=O) groups excluding carboxylic acids is 2. The van der Waals surface area contributed by atoms with Crippen LogP contribution in [0.3, 0.4) is 0 Å². The van der Waals surface area contributed by atoms with E-state index in [0.717, 1.165) is 17.7 Å². The molecular weight excluding hydrogens is 296 g/mol. The molecule has 22 heavy (non-hydrogen) atoms. The van der Waals surface area contributed by atoms with Crippen LogP contribution in [-0.4, -0.2) is 33.9 Å². The summed E-state index contributed by atoms with van der Waals surface area (Å²) in [6.07, 6.45) is 0.859. The molecule has 2 unspecified atom stereocenters. The van der Waals surface area contributed by atoms with Crippen LogP contribution in [0, 0.1) is 12.8 Å². The van der Waals surface area contributed by atoms with Gasteiger partial charge in [-0.05, 0) is 25.5 Å². The lowest BCUT2D eigenvalue weighted by Gasteiger charge is -2.29. The summed E-state index contributed by atoms with van der Waals surface area (Å²) in [6, 6.07) is 7.32. The lowest BCUT2D eigenvalue weighted by atomic mass is 10.1. The molecule has 1 aliphatic rings. The van der Waals surface area contributed by atoms with Gasteiger partial charge >= 0.3 is 0 Å². The average molecular weight is 320 g/mol. The van der Waals surface area contributed by atoms with Crippen molar-refractivity contribution >= 4 is 29.3 Å². The van der Waals surface area contributed by atoms with Crippen LogP contribution in [0.15, 0.2) is 24.3 Å². The van der Waals surface area contributed by atoms with Crippen LogP contribution in [0.5, 0.6) is 0 Å². The van der Waals surface area contributed by atoms with E-state index in [1.165, 1.54) is 0 Å². The van der Waals surface area contributed by atoms with Gasteiger partial charge in [-0.1, -0.05) is 38.5 Å². The van der Waals surface area contributed by atoms with Gasteiger partial charge in [-0.25, -0.2) is 0 Å². The molecular formula is C17H24N2O2S. The minimum atomic E-state index is -0.383. The van der Waals surface area contributed by atoms with Crippen molar-refractivity contribution < 1.29 is 9.59 Å². The van der Waals surface area contributed by atoms with Crippen LogP contribution < -0.4 is 5.32 Å². The molecule has 0 bridgehead atoms. The zero-order chi connectivity index (χ0) is 16.3. The van der Waals surface area contributed by atoms with Crippen LogP contribution >= 0.6 is 11.8 Å². The summed E-state index contributed by atoms with van der Waals surface area (Å²) in [5.41, 5.74) is 1.93. The SMILES string of the molecule is CCC1SCC(C(=O)Nc2ccc(C)cc2)N1C(=O)C(C)C. The molecule has 5 heteroatoms. The van der Waals surface area contributed by atoms with Crippen molar-refractivity contribution in [2.45, 2.75) is 45.5 Å². The summed E-state index contributed by atoms with van der Waals surface area (Å²) in [5, 5.41) is 3.03. The van der Waals surface area contributed by atoms with Crippen molar-refractivity contribution in [3.8, 4) is 0 Å². The number of benzene rings is 1. The first-order valence-electron chi connectivity index (χ1n) is 7.75. The van der Waals surface area contributed by atoms with Crippen molar-refractivity contribution in [3.05, 3.63) is 29.8 Å². The number of carbonyl (C=O) groups is 2. The Morgan fingerprint density at radius 2 is 1.95 bits per heavy atom. The molecule has 1 aromatic carbocycles. The number of aryl methyl sites for hydroxylation is 1. The first-order valence-corrected chi connectivity index (χ1v) is 8.80. The molecule has 1 aliphatic heterocycles. The molecule has 0 aromatic heterocycles. The summed E-state index contributed by atoms with van der Waals surface area (Å²) in [5.74, 6) is 0.527. The predicted octanol–water partition coefficient (Wildman–Crippen LogP) is 3.27. The smallest absolute Gasteiger partial charge is 0.248 e. The topological polar surface area (TPSA) is 49.4 Å². The number of thioether (sulfide) groups is 1. The number of nitrogens with zero attached hydrogens (tertiary/aromatic N) is 1. The molecule has 1 N–H and O–H groups in total. The molecule has 120 valence electrons. The third-order valence-corrected chi connectivity index (χ3v) is 5.27. The highest BCUT2D eigenvalue weighted by atomic mass is 32.2. The molecule has 2 amide bonds. The zero-order valence-corrected chi connectivity index (χ0v) is 14.4. The van der Waals surface area contributed by atoms with E-state index in [0.29, 0.717) is 5.75 Å². The minimum Gasteiger partial charge on any atom is -0.324 e. The molecule has 1 aromatic rings. The lowest BCUT2D eigenvalue weighted by molar-refractivity contribution is -0.140. The Morgan fingerprint density at radius 1 is 1.32 bits per heavy atom. The van der Waals surface area contributed by atoms with Gasteiger partial charge in [0.05, 0.1) is 5.37 Å². The quantitative estimate of drug-likeness (QED) is 0.926. The number of nitrogens with one attached hydrogen (secondary N) is 1. The molecule has 0 spiro atoms. The van der Waals surface area contributed by atoms with Crippen molar-refractivity contribution in [2.75, 3.05) is 11.1 Å². The third-order valence-electron chi connectivity index (χ3n) is 3.81. The number of anilines is 1. The van der Waals surface area contributed by atoms with Crippen molar-refractivity contribution in [3.63, 3.8) is 0 Å². The number of hydrogen-bond donors (Lipinski definition) is 1. The Kier molecular flexibility index (Phi) is 5.51. The molecule has 1 fully saturated rings. The Balaban J connectivity index is 2.13. The molecule has 0 aliphatic carbocycles. The van der Waals surface area contributed by atoms with E-state index in [9.17, 15) is 9.59 Å². The van der Waals surface area contributed by atoms with Gasteiger partial charge in [-0.15, -0.1) is 11.8 Å². The van der Waals surface area contributed by atoms with Gasteiger partial charge in [-0.3, -0.25) is 9.59 Å². The monoisotopic (exact) mass is 320 g/mol. The van der Waals surface area contributed by atoms with E-state index in [2.05, 4.69) is 12.2 Å². The van der Waals surface area contributed by atoms with Gasteiger partial charge in [0.25, 0.3) is 0 Å². The number of rotatable bonds is 4. The standard InChI is InChI=1S/C17H24N2O2S/c1-5-15-19(17(21)11(2)3)14(10-22-15)16(20)18-13-8-6-12(4)7-9-13/h6-9,11,14-15H,5,10H2,1-4H3,(H,18,20). The summed E-state index contributed by atoms with van der Waals surface area (Å²) in [6.45, 7) is 7.83. The van der Waals surface area contributed by atoms with Gasteiger partial charge in [-0.2, -0.15) is 0 Å². The number of hydrogen-bond acceptors (Lipinski definition) is 3. The molecule has 1 saturated heterocycles. The second kappa shape index (κ2) is 7.18. The third kappa shape index (κ3) is 3.64. The molecule has 4 nitrogen and oxygen atoms in total. The van der Waals surface area contributed by atoms with E-state index in [-0.39, 0.29) is 29.1 Å². The van der Waals surface area contributed by atoms with E-state index >= 15 is 0 Å². The van der Waals surface area contributed by atoms with E-state index < -0.39 is 0 Å². The van der Waals surface area contributed by atoms with E-state index in [4.69, 9.17) is 0 Å². The second-order valence-corrected chi connectivity index (χ2v) is 7.18. The zero-order valence-electron chi connectivity index (χ0n) is 13.6. The Hall–Kier alpha value is -1.49. The van der Waals surface area contributed by atoms with Crippen LogP contribution in [0.4, 0.5) is 5.69 Å². The molecule has 1 heterocycles. The van der Waals surface area contributed by atoms with E-state index in [1.54, 1.807) is 16.7 Å². The van der Waals surface area contributed by atoms with Gasteiger partial charge in [0.1, 0.15) is 6.04 Å². The fourth-order valence-electron chi connectivity index (χ4n) is 2.54. The maximum absolute atomic E-state index is 12.6. The van der Waals surface area contributed by atoms with Crippen molar-refractivity contribution in [1.82, 2.24) is 4.90 Å². The largest absolute Gasteiger partial charge is 0.324 e. The molecule has 2 rings (SSSR count). The van der Waals surface area contributed by atoms with Crippen LogP contribution in [0.25, 0.3) is 0 Å². The summed E-state index contributed by atoms with van der Waals surface area (Å²) in [7, 11) is 0. The Bertz CT molecular complexity index is 542. The van der Waals surface area contributed by atoms with Gasteiger partial charge in [0.2, 0.25) is 11.8 Å². The van der Waals surface area contributed by atoms with Crippen LogP contribution in [-0.2, 0) is 9.59 Å². The normalized spacial score (nSPS) is 21.2. The van der Waals surface area contributed by atoms with Gasteiger partial charge in [0, 0.05) is 17.4 Å². The summed E-state index contributed by atoms with van der Waals surface area (Å²) in [4.78, 5) is 26.8. The highest BCUT2D eigenvalue weighted by molar-refractivity contribution is 8.00. The summed E-state index contributed by atoms with van der Waals surface area (Å²) >= 11 is 1.69. The number of amides is 2. The summed E-state index contributed by atoms with van der Waals surface area (Å²) < 4.78 is 0. The van der Waals surface area contributed by atoms with Crippen LogP contribution in [0.2, 0.25) is 0 Å². The molecule has 0 saturated carbocycles. The highest BCUT2D eigenvalue weighted by Crippen LogP contribution is 2.33. The van der Waals surface area contributed by atoms with Crippen molar-refractivity contribution in [1.29, 1.82) is 0 Å². The fourth-order valence-corrected chi connectivity index (χ4v) is 3.90. The molecule has 2 atom stereocenters. The van der Waals surface area contributed by atoms with Crippen LogP contribution in [0.1, 0.15) is 32.8 Å². The minimum absolute atomic E-state index is 0.0564. The van der Waals surface area contributed by atoms with Crippen molar-refractivity contribution in [2.24, 2.45) is 5.92 Å².